The lowest BCUT2D eigenvalue weighted by Crippen LogP contribution is -2.51. The highest BCUT2D eigenvalue weighted by molar-refractivity contribution is 6.30. The number of esters is 1. The first kappa shape index (κ1) is 18.0. The van der Waals surface area contributed by atoms with Gasteiger partial charge >= 0.3 is 5.97 Å². The summed E-state index contributed by atoms with van der Waals surface area (Å²) in [6.07, 6.45) is 4.97. The zero-order chi connectivity index (χ0) is 17.5. The lowest BCUT2D eigenvalue weighted by molar-refractivity contribution is -0.151. The van der Waals surface area contributed by atoms with E-state index in [1.807, 2.05) is 0 Å². The van der Waals surface area contributed by atoms with Gasteiger partial charge in [-0.15, -0.1) is 0 Å². The van der Waals surface area contributed by atoms with Gasteiger partial charge in [0.2, 0.25) is 5.91 Å². The highest BCUT2D eigenvalue weighted by atomic mass is 35.5. The normalized spacial score (nSPS) is 17.7. The van der Waals surface area contributed by atoms with E-state index in [0.717, 1.165) is 18.4 Å². The number of benzene rings is 1. The van der Waals surface area contributed by atoms with Gasteiger partial charge in [0.25, 0.3) is 5.91 Å². The molecule has 1 atom stereocenters. The van der Waals surface area contributed by atoms with E-state index >= 15 is 0 Å². The predicted molar refractivity (Wildman–Crippen MR) is 90.0 cm³/mol. The largest absolute Gasteiger partial charge is 0.452 e. The summed E-state index contributed by atoms with van der Waals surface area (Å²) in [7, 11) is 0. The average molecular weight is 351 g/mol. The van der Waals surface area contributed by atoms with Crippen LogP contribution in [-0.4, -0.2) is 41.9 Å². The Kier molecular flexibility index (Phi) is 6.37. The SMILES string of the molecule is NC(=O)[C@H]1CCCCN1C(=O)COC(=O)/C=C/c1cccc(Cl)c1. The van der Waals surface area contributed by atoms with Crippen molar-refractivity contribution in [3.05, 3.63) is 40.9 Å². The van der Waals surface area contributed by atoms with Crippen LogP contribution >= 0.6 is 11.6 Å². The highest BCUT2D eigenvalue weighted by Gasteiger charge is 2.30. The van der Waals surface area contributed by atoms with E-state index in [1.165, 1.54) is 11.0 Å². The lowest BCUT2D eigenvalue weighted by atomic mass is 10.0. The number of nitrogens with two attached hydrogens (primary N) is 1. The third kappa shape index (κ3) is 5.09. The van der Waals surface area contributed by atoms with Gasteiger partial charge < -0.3 is 15.4 Å². The Morgan fingerprint density at radius 3 is 2.83 bits per heavy atom. The molecule has 0 radical (unpaired) electrons. The number of carbonyl (C=O) groups excluding carboxylic acids is 3. The maximum absolute atomic E-state index is 12.1. The standard InChI is InChI=1S/C17H19ClN2O4/c18-13-5-3-4-12(10-13)7-8-16(22)24-11-15(21)20-9-2-1-6-14(20)17(19)23/h3-5,7-8,10,14H,1-2,6,9,11H2,(H2,19,23)/b8-7+/t14-/m1/s1. The Labute approximate surface area is 145 Å². The van der Waals surface area contributed by atoms with Crippen molar-refractivity contribution in [3.8, 4) is 0 Å². The molecule has 0 unspecified atom stereocenters. The molecule has 6 nitrogen and oxygen atoms in total. The van der Waals surface area contributed by atoms with Gasteiger partial charge in [0.15, 0.2) is 6.61 Å². The lowest BCUT2D eigenvalue weighted by Gasteiger charge is -2.33. The molecule has 0 saturated carbocycles. The summed E-state index contributed by atoms with van der Waals surface area (Å²) < 4.78 is 4.94. The number of piperidine rings is 1. The second kappa shape index (κ2) is 8.49. The summed E-state index contributed by atoms with van der Waals surface area (Å²) in [6, 6.07) is 6.35. The van der Waals surface area contributed by atoms with Crippen LogP contribution in [0.5, 0.6) is 0 Å². The van der Waals surface area contributed by atoms with Crippen molar-refractivity contribution in [1.29, 1.82) is 0 Å². The molecule has 0 aliphatic carbocycles. The Morgan fingerprint density at radius 1 is 1.33 bits per heavy atom. The molecular weight excluding hydrogens is 332 g/mol. The number of nitrogens with zero attached hydrogens (tertiary/aromatic N) is 1. The number of hydrogen-bond acceptors (Lipinski definition) is 4. The third-order valence-corrected chi connectivity index (χ3v) is 3.99. The molecule has 0 spiro atoms. The van der Waals surface area contributed by atoms with Crippen molar-refractivity contribution in [3.63, 3.8) is 0 Å². The van der Waals surface area contributed by atoms with E-state index in [1.54, 1.807) is 30.3 Å². The van der Waals surface area contributed by atoms with E-state index in [2.05, 4.69) is 0 Å². The molecule has 0 bridgehead atoms. The second-order valence-electron chi connectivity index (χ2n) is 5.50. The van der Waals surface area contributed by atoms with Crippen molar-refractivity contribution >= 4 is 35.5 Å². The fourth-order valence-corrected chi connectivity index (χ4v) is 2.76. The van der Waals surface area contributed by atoms with Crippen molar-refractivity contribution in [2.45, 2.75) is 25.3 Å². The van der Waals surface area contributed by atoms with Crippen LogP contribution < -0.4 is 5.73 Å². The Balaban J connectivity index is 1.86. The molecule has 1 aliphatic rings. The van der Waals surface area contributed by atoms with Gasteiger partial charge in [0, 0.05) is 17.6 Å². The maximum Gasteiger partial charge on any atom is 0.331 e. The van der Waals surface area contributed by atoms with Gasteiger partial charge in [-0.1, -0.05) is 23.7 Å². The molecule has 0 aromatic heterocycles. The number of rotatable bonds is 5. The van der Waals surface area contributed by atoms with Gasteiger partial charge in [0.1, 0.15) is 6.04 Å². The first-order valence-electron chi connectivity index (χ1n) is 7.66. The number of hydrogen-bond donors (Lipinski definition) is 1. The molecule has 1 aliphatic heterocycles. The van der Waals surface area contributed by atoms with E-state index in [9.17, 15) is 14.4 Å². The number of primary amides is 1. The monoisotopic (exact) mass is 350 g/mol. The first-order chi connectivity index (χ1) is 11.5. The number of amides is 2. The van der Waals surface area contributed by atoms with Crippen molar-refractivity contribution in [2.24, 2.45) is 5.73 Å². The maximum atomic E-state index is 12.1. The van der Waals surface area contributed by atoms with E-state index in [-0.39, 0.29) is 0 Å². The fraction of sp³-hybridized carbons (Fsp3) is 0.353. The molecule has 1 aromatic carbocycles. The average Bonchev–Trinajstić information content (AvgIpc) is 2.58. The number of likely N-dealkylation sites (tertiary alicyclic amines) is 1. The topological polar surface area (TPSA) is 89.7 Å². The molecular formula is C17H19ClN2O4. The van der Waals surface area contributed by atoms with Crippen LogP contribution in [0.15, 0.2) is 30.3 Å². The van der Waals surface area contributed by atoms with Crippen LogP contribution in [0.3, 0.4) is 0 Å². The molecule has 2 N–H and O–H groups in total. The Bertz CT molecular complexity index is 660. The summed E-state index contributed by atoms with van der Waals surface area (Å²) in [5, 5.41) is 0.559. The summed E-state index contributed by atoms with van der Waals surface area (Å²) >= 11 is 5.85. The van der Waals surface area contributed by atoms with E-state index in [0.29, 0.717) is 18.0 Å². The smallest absolute Gasteiger partial charge is 0.331 e. The minimum Gasteiger partial charge on any atom is -0.452 e. The van der Waals surface area contributed by atoms with Gasteiger partial charge in [-0.05, 0) is 43.0 Å². The van der Waals surface area contributed by atoms with E-state index in [4.69, 9.17) is 22.1 Å². The zero-order valence-corrected chi connectivity index (χ0v) is 13.9. The molecule has 2 amide bonds. The molecule has 7 heteroatoms. The minimum absolute atomic E-state index is 0.414. The van der Waals surface area contributed by atoms with Crippen LogP contribution in [-0.2, 0) is 19.1 Å². The Morgan fingerprint density at radius 2 is 2.12 bits per heavy atom. The Hall–Kier alpha value is -2.34. The van der Waals surface area contributed by atoms with Crippen molar-refractivity contribution < 1.29 is 19.1 Å². The highest BCUT2D eigenvalue weighted by Crippen LogP contribution is 2.17. The summed E-state index contributed by atoms with van der Waals surface area (Å²) in [4.78, 5) is 36.6. The molecule has 2 rings (SSSR count). The quantitative estimate of drug-likeness (QED) is 0.647. The van der Waals surface area contributed by atoms with E-state index < -0.39 is 30.4 Å². The van der Waals surface area contributed by atoms with Crippen LogP contribution in [0.1, 0.15) is 24.8 Å². The summed E-state index contributed by atoms with van der Waals surface area (Å²) in [6.45, 7) is 0.0326. The van der Waals surface area contributed by atoms with Crippen LogP contribution in [0.4, 0.5) is 0 Å². The van der Waals surface area contributed by atoms with Gasteiger partial charge in [-0.25, -0.2) is 4.79 Å². The zero-order valence-electron chi connectivity index (χ0n) is 13.1. The number of halogens is 1. The first-order valence-corrected chi connectivity index (χ1v) is 8.04. The van der Waals surface area contributed by atoms with Gasteiger partial charge in [0.05, 0.1) is 0 Å². The molecule has 1 fully saturated rings. The van der Waals surface area contributed by atoms with Crippen molar-refractivity contribution in [1.82, 2.24) is 4.90 Å². The summed E-state index contributed by atoms with van der Waals surface area (Å²) in [5.41, 5.74) is 6.06. The third-order valence-electron chi connectivity index (χ3n) is 3.75. The van der Waals surface area contributed by atoms with Crippen molar-refractivity contribution in [2.75, 3.05) is 13.2 Å². The molecule has 24 heavy (non-hydrogen) atoms. The fourth-order valence-electron chi connectivity index (χ4n) is 2.56. The van der Waals surface area contributed by atoms with Crippen LogP contribution in [0, 0.1) is 0 Å². The predicted octanol–water partition coefficient (Wildman–Crippen LogP) is 1.76. The van der Waals surface area contributed by atoms with Gasteiger partial charge in [-0.2, -0.15) is 0 Å². The molecule has 1 heterocycles. The molecule has 128 valence electrons. The second-order valence-corrected chi connectivity index (χ2v) is 5.93. The van der Waals surface area contributed by atoms with Gasteiger partial charge in [-0.3, -0.25) is 9.59 Å². The number of carbonyl (C=O) groups is 3. The van der Waals surface area contributed by atoms with Crippen LogP contribution in [0.25, 0.3) is 6.08 Å². The number of ether oxygens (including phenoxy) is 1. The van der Waals surface area contributed by atoms with Crippen LogP contribution in [0.2, 0.25) is 5.02 Å². The summed E-state index contributed by atoms with van der Waals surface area (Å²) in [5.74, 6) is -1.59. The minimum atomic E-state index is -0.643. The molecule has 1 saturated heterocycles. The molecule has 1 aromatic rings.